The van der Waals surface area contributed by atoms with Crippen molar-refractivity contribution in [3.8, 4) is 5.75 Å². The van der Waals surface area contributed by atoms with Crippen LogP contribution in [0.3, 0.4) is 0 Å². The third-order valence-corrected chi connectivity index (χ3v) is 5.37. The van der Waals surface area contributed by atoms with Gasteiger partial charge in [0.25, 0.3) is 5.91 Å². The molecule has 2 heterocycles. The fourth-order valence-electron chi connectivity index (χ4n) is 4.02. The Labute approximate surface area is 161 Å². The minimum Gasteiger partial charge on any atom is -0.491 e. The van der Waals surface area contributed by atoms with Gasteiger partial charge in [0.2, 0.25) is 0 Å². The van der Waals surface area contributed by atoms with Crippen molar-refractivity contribution in [3.05, 3.63) is 29.8 Å². The minimum atomic E-state index is -0.410. The van der Waals surface area contributed by atoms with E-state index in [0.717, 1.165) is 18.7 Å². The van der Waals surface area contributed by atoms with Gasteiger partial charge in [0.1, 0.15) is 11.9 Å². The van der Waals surface area contributed by atoms with Crippen molar-refractivity contribution in [1.82, 2.24) is 9.80 Å². The number of piperidine rings is 1. The van der Waals surface area contributed by atoms with E-state index in [-0.39, 0.29) is 24.1 Å². The van der Waals surface area contributed by atoms with Crippen molar-refractivity contribution in [2.24, 2.45) is 5.41 Å². The highest BCUT2D eigenvalue weighted by Gasteiger charge is 2.50. The fraction of sp³-hybridized carbons (Fsp3) is 0.619. The van der Waals surface area contributed by atoms with Crippen LogP contribution in [-0.4, -0.2) is 67.6 Å². The van der Waals surface area contributed by atoms with Gasteiger partial charge < -0.3 is 19.3 Å². The number of hydrogen-bond acceptors (Lipinski definition) is 5. The normalized spacial score (nSPS) is 21.8. The second kappa shape index (κ2) is 7.89. The second-order valence-electron chi connectivity index (χ2n) is 8.26. The van der Waals surface area contributed by atoms with Gasteiger partial charge in [-0.2, -0.15) is 0 Å². The zero-order valence-corrected chi connectivity index (χ0v) is 16.7. The summed E-state index contributed by atoms with van der Waals surface area (Å²) in [5, 5.41) is 0. The Morgan fingerprint density at radius 3 is 2.44 bits per heavy atom. The van der Waals surface area contributed by atoms with Crippen LogP contribution in [0.25, 0.3) is 0 Å². The highest BCUT2D eigenvalue weighted by molar-refractivity contribution is 5.94. The summed E-state index contributed by atoms with van der Waals surface area (Å²) in [5.74, 6) is 0.688. The number of likely N-dealkylation sites (tertiary alicyclic amines) is 1. The molecule has 6 heteroatoms. The molecule has 148 valence electrons. The Morgan fingerprint density at radius 1 is 1.26 bits per heavy atom. The summed E-state index contributed by atoms with van der Waals surface area (Å²) in [6, 6.07) is 7.28. The Balaban J connectivity index is 1.59. The molecule has 27 heavy (non-hydrogen) atoms. The lowest BCUT2D eigenvalue weighted by atomic mass is 9.76. The number of hydrogen-bond donors (Lipinski definition) is 0. The smallest absolute Gasteiger partial charge is 0.312 e. The number of carbonyl (C=O) groups excluding carboxylic acids is 2. The predicted octanol–water partition coefficient (Wildman–Crippen LogP) is 2.57. The van der Waals surface area contributed by atoms with Crippen molar-refractivity contribution < 1.29 is 19.1 Å². The molecule has 2 saturated heterocycles. The summed E-state index contributed by atoms with van der Waals surface area (Å²) in [6.45, 7) is 5.88. The van der Waals surface area contributed by atoms with E-state index in [2.05, 4.69) is 0 Å². The van der Waals surface area contributed by atoms with Crippen LogP contribution in [-0.2, 0) is 9.53 Å². The number of rotatable bonds is 5. The van der Waals surface area contributed by atoms with E-state index in [4.69, 9.17) is 9.47 Å². The first-order valence-corrected chi connectivity index (χ1v) is 9.71. The molecule has 6 nitrogen and oxygen atoms in total. The number of benzene rings is 1. The highest BCUT2D eigenvalue weighted by Crippen LogP contribution is 2.43. The summed E-state index contributed by atoms with van der Waals surface area (Å²) in [7, 11) is 3.97. The van der Waals surface area contributed by atoms with Crippen LogP contribution in [0, 0.1) is 5.41 Å². The van der Waals surface area contributed by atoms with E-state index in [9.17, 15) is 9.59 Å². The molecule has 2 aliphatic heterocycles. The first kappa shape index (κ1) is 19.7. The van der Waals surface area contributed by atoms with Gasteiger partial charge in [-0.15, -0.1) is 0 Å². The van der Waals surface area contributed by atoms with Crippen LogP contribution in [0.15, 0.2) is 24.3 Å². The quantitative estimate of drug-likeness (QED) is 0.742. The van der Waals surface area contributed by atoms with Crippen LogP contribution >= 0.6 is 0 Å². The summed E-state index contributed by atoms with van der Waals surface area (Å²) >= 11 is 0. The third kappa shape index (κ3) is 4.43. The molecule has 1 atom stereocenters. The molecule has 1 aromatic rings. The minimum absolute atomic E-state index is 0.0113. The Bertz CT molecular complexity index is 676. The Kier molecular flexibility index (Phi) is 5.75. The molecule has 1 amide bonds. The summed E-state index contributed by atoms with van der Waals surface area (Å²) in [4.78, 5) is 29.1. The number of ether oxygens (including phenoxy) is 2. The van der Waals surface area contributed by atoms with Gasteiger partial charge in [-0.25, -0.2) is 0 Å². The van der Waals surface area contributed by atoms with E-state index in [0.29, 0.717) is 31.5 Å². The molecule has 3 rings (SSSR count). The van der Waals surface area contributed by atoms with Crippen LogP contribution in [0.4, 0.5) is 0 Å². The number of nitrogens with zero attached hydrogens (tertiary/aromatic N) is 2. The first-order valence-electron chi connectivity index (χ1n) is 9.71. The number of esters is 1. The molecular weight excluding hydrogens is 344 g/mol. The molecule has 2 aliphatic rings. The first-order chi connectivity index (χ1) is 12.8. The lowest BCUT2D eigenvalue weighted by Crippen LogP contribution is -2.45. The van der Waals surface area contributed by atoms with E-state index in [1.54, 1.807) is 12.1 Å². The molecule has 0 saturated carbocycles. The van der Waals surface area contributed by atoms with Gasteiger partial charge in [0, 0.05) is 31.6 Å². The Morgan fingerprint density at radius 2 is 1.89 bits per heavy atom. The molecule has 0 aromatic heterocycles. The largest absolute Gasteiger partial charge is 0.491 e. The third-order valence-electron chi connectivity index (χ3n) is 5.37. The maximum absolute atomic E-state index is 12.8. The van der Waals surface area contributed by atoms with Gasteiger partial charge in [-0.1, -0.05) is 0 Å². The van der Waals surface area contributed by atoms with E-state index in [1.807, 2.05) is 49.9 Å². The summed E-state index contributed by atoms with van der Waals surface area (Å²) in [6.07, 6.45) is 2.18. The van der Waals surface area contributed by atoms with Crippen molar-refractivity contribution in [2.75, 3.05) is 33.7 Å². The van der Waals surface area contributed by atoms with Crippen LogP contribution in [0.5, 0.6) is 5.75 Å². The molecule has 0 bridgehead atoms. The van der Waals surface area contributed by atoms with Crippen molar-refractivity contribution in [1.29, 1.82) is 0 Å². The lowest BCUT2D eigenvalue weighted by molar-refractivity contribution is -0.150. The molecule has 0 radical (unpaired) electrons. The molecule has 1 unspecified atom stereocenters. The van der Waals surface area contributed by atoms with Crippen LogP contribution in [0.1, 0.15) is 43.5 Å². The average molecular weight is 374 g/mol. The number of carbonyl (C=O) groups is 2. The molecule has 1 aromatic carbocycles. The molecule has 1 spiro atoms. The van der Waals surface area contributed by atoms with Crippen LogP contribution < -0.4 is 4.74 Å². The molecular formula is C21H30N2O4. The fourth-order valence-corrected chi connectivity index (χ4v) is 4.02. The van der Waals surface area contributed by atoms with Gasteiger partial charge in [-0.3, -0.25) is 9.59 Å². The van der Waals surface area contributed by atoms with Gasteiger partial charge in [0.15, 0.2) is 0 Å². The molecule has 0 aliphatic carbocycles. The number of cyclic esters (lactones) is 1. The monoisotopic (exact) mass is 374 g/mol. The van der Waals surface area contributed by atoms with E-state index in [1.165, 1.54) is 0 Å². The van der Waals surface area contributed by atoms with Crippen molar-refractivity contribution in [2.45, 2.75) is 45.3 Å². The predicted molar refractivity (Wildman–Crippen MR) is 103 cm³/mol. The molecule has 2 fully saturated rings. The average Bonchev–Trinajstić information content (AvgIpc) is 2.89. The second-order valence-corrected chi connectivity index (χ2v) is 8.26. The van der Waals surface area contributed by atoms with E-state index >= 15 is 0 Å². The van der Waals surface area contributed by atoms with Gasteiger partial charge in [-0.05, 0) is 65.0 Å². The number of likely N-dealkylation sites (N-methyl/N-ethyl adjacent to an activating group) is 1. The van der Waals surface area contributed by atoms with Gasteiger partial charge in [0.05, 0.1) is 11.5 Å². The zero-order valence-electron chi connectivity index (χ0n) is 16.7. The SMILES string of the molecule is CC(C)Oc1ccc(C(=O)N2CCC3(CC2)CC(CN(C)C)OC3=O)cc1. The molecule has 0 N–H and O–H groups in total. The maximum atomic E-state index is 12.8. The van der Waals surface area contributed by atoms with Crippen molar-refractivity contribution >= 4 is 11.9 Å². The topological polar surface area (TPSA) is 59.1 Å². The van der Waals surface area contributed by atoms with Crippen LogP contribution in [0.2, 0.25) is 0 Å². The van der Waals surface area contributed by atoms with Crippen molar-refractivity contribution in [3.63, 3.8) is 0 Å². The lowest BCUT2D eigenvalue weighted by Gasteiger charge is -2.36. The Hall–Kier alpha value is -2.08. The maximum Gasteiger partial charge on any atom is 0.312 e. The highest BCUT2D eigenvalue weighted by atomic mass is 16.6. The number of amides is 1. The van der Waals surface area contributed by atoms with E-state index < -0.39 is 5.41 Å². The summed E-state index contributed by atoms with van der Waals surface area (Å²) in [5.41, 5.74) is 0.244. The summed E-state index contributed by atoms with van der Waals surface area (Å²) < 4.78 is 11.2. The zero-order chi connectivity index (χ0) is 19.6. The standard InChI is InChI=1S/C21H30N2O4/c1-15(2)26-17-7-5-16(6-8-17)19(24)23-11-9-21(10-12-23)13-18(14-22(3)4)27-20(21)25/h5-8,15,18H,9-14H2,1-4H3. The van der Waals surface area contributed by atoms with Gasteiger partial charge >= 0.3 is 5.97 Å².